The SMILES string of the molecule is COc1cc(F)c(-c2c3ccccc3c(-c3ccc(F)c(F)c3)c3cc(F)ccc23)c(F)c1. The molecule has 0 unspecified atom stereocenters. The lowest BCUT2D eigenvalue weighted by atomic mass is 9.85. The first kappa shape index (κ1) is 20.9. The van der Waals surface area contributed by atoms with Gasteiger partial charge in [-0.3, -0.25) is 0 Å². The molecule has 6 heteroatoms. The van der Waals surface area contributed by atoms with Crippen LogP contribution in [0.4, 0.5) is 22.0 Å². The molecule has 0 spiro atoms. The molecule has 1 nitrogen and oxygen atoms in total. The van der Waals surface area contributed by atoms with E-state index in [1.54, 1.807) is 24.3 Å². The van der Waals surface area contributed by atoms with Crippen molar-refractivity contribution in [2.75, 3.05) is 7.11 Å². The van der Waals surface area contributed by atoms with E-state index in [-0.39, 0.29) is 16.9 Å². The van der Waals surface area contributed by atoms with Gasteiger partial charge in [0, 0.05) is 17.7 Å². The largest absolute Gasteiger partial charge is 0.497 e. The summed E-state index contributed by atoms with van der Waals surface area (Å²) in [4.78, 5) is 0. The lowest BCUT2D eigenvalue weighted by Gasteiger charge is -2.19. The molecule has 0 aliphatic rings. The monoisotopic (exact) mass is 450 g/mol. The molecule has 0 atom stereocenters. The molecule has 0 amide bonds. The summed E-state index contributed by atoms with van der Waals surface area (Å²) < 4.78 is 77.4. The van der Waals surface area contributed by atoms with E-state index in [4.69, 9.17) is 4.74 Å². The van der Waals surface area contributed by atoms with E-state index in [0.29, 0.717) is 32.7 Å². The highest BCUT2D eigenvalue weighted by Crippen LogP contribution is 2.45. The Labute approximate surface area is 185 Å². The smallest absolute Gasteiger partial charge is 0.159 e. The topological polar surface area (TPSA) is 9.23 Å². The Hall–Kier alpha value is -3.93. The van der Waals surface area contributed by atoms with Crippen molar-refractivity contribution < 1.29 is 26.7 Å². The molecule has 0 radical (unpaired) electrons. The highest BCUT2D eigenvalue weighted by molar-refractivity contribution is 6.21. The van der Waals surface area contributed by atoms with Gasteiger partial charge in [0.25, 0.3) is 0 Å². The third-order valence-corrected chi connectivity index (χ3v) is 5.70. The van der Waals surface area contributed by atoms with Gasteiger partial charge in [-0.15, -0.1) is 0 Å². The number of hydrogen-bond donors (Lipinski definition) is 0. The third kappa shape index (κ3) is 3.39. The minimum atomic E-state index is -1.06. The lowest BCUT2D eigenvalue weighted by Crippen LogP contribution is -1.97. The van der Waals surface area contributed by atoms with Crippen molar-refractivity contribution in [2.45, 2.75) is 0 Å². The Bertz CT molecular complexity index is 1540. The molecule has 0 heterocycles. The summed E-state index contributed by atoms with van der Waals surface area (Å²) in [5.74, 6) is -4.32. The molecule has 5 rings (SSSR count). The minimum Gasteiger partial charge on any atom is -0.497 e. The molecular weight excluding hydrogens is 435 g/mol. The molecule has 0 aliphatic heterocycles. The molecular formula is C27H15F5O. The van der Waals surface area contributed by atoms with Gasteiger partial charge >= 0.3 is 0 Å². The number of fused-ring (bicyclic) bond motifs is 2. The van der Waals surface area contributed by atoms with Crippen molar-refractivity contribution in [2.24, 2.45) is 0 Å². The van der Waals surface area contributed by atoms with E-state index in [9.17, 15) is 13.2 Å². The van der Waals surface area contributed by atoms with Crippen LogP contribution in [0.2, 0.25) is 0 Å². The Morgan fingerprint density at radius 1 is 0.515 bits per heavy atom. The molecule has 0 bridgehead atoms. The Balaban J connectivity index is 1.99. The van der Waals surface area contributed by atoms with Crippen LogP contribution in [-0.4, -0.2) is 7.11 Å². The molecule has 33 heavy (non-hydrogen) atoms. The summed E-state index contributed by atoms with van der Waals surface area (Å²) in [6, 6.07) is 16.2. The standard InChI is InChI=1S/C27H15F5O/c1-33-16-12-23(31)27(24(32)13-16)26-18-5-3-2-4-17(18)25(14-6-9-21(29)22(30)10-14)20-11-15(28)7-8-19(20)26/h2-13H,1H3. The second kappa shape index (κ2) is 7.89. The summed E-state index contributed by atoms with van der Waals surface area (Å²) in [5, 5.41) is 1.65. The van der Waals surface area contributed by atoms with Crippen LogP contribution in [0.3, 0.4) is 0 Å². The predicted octanol–water partition coefficient (Wildman–Crippen LogP) is 8.03. The van der Waals surface area contributed by atoms with Gasteiger partial charge in [0.1, 0.15) is 23.2 Å². The van der Waals surface area contributed by atoms with Crippen molar-refractivity contribution in [1.29, 1.82) is 0 Å². The Morgan fingerprint density at radius 3 is 1.79 bits per heavy atom. The van der Waals surface area contributed by atoms with Gasteiger partial charge in [-0.1, -0.05) is 36.4 Å². The second-order valence-corrected chi connectivity index (χ2v) is 7.58. The molecule has 0 aliphatic carbocycles. The quantitative estimate of drug-likeness (QED) is 0.200. The van der Waals surface area contributed by atoms with Crippen LogP contribution in [0, 0.1) is 29.1 Å². The molecule has 0 aromatic heterocycles. The van der Waals surface area contributed by atoms with Crippen LogP contribution in [0.25, 0.3) is 43.8 Å². The van der Waals surface area contributed by atoms with Gasteiger partial charge in [0.15, 0.2) is 11.6 Å². The van der Waals surface area contributed by atoms with Crippen LogP contribution >= 0.6 is 0 Å². The van der Waals surface area contributed by atoms with Crippen molar-refractivity contribution in [3.8, 4) is 28.0 Å². The van der Waals surface area contributed by atoms with Crippen LogP contribution in [0.5, 0.6) is 5.75 Å². The maximum Gasteiger partial charge on any atom is 0.159 e. The average molecular weight is 450 g/mol. The molecule has 0 saturated heterocycles. The fourth-order valence-corrected chi connectivity index (χ4v) is 4.29. The van der Waals surface area contributed by atoms with Crippen LogP contribution in [-0.2, 0) is 0 Å². The lowest BCUT2D eigenvalue weighted by molar-refractivity contribution is 0.407. The second-order valence-electron chi connectivity index (χ2n) is 7.58. The van der Waals surface area contributed by atoms with Crippen molar-refractivity contribution in [1.82, 2.24) is 0 Å². The first-order valence-corrected chi connectivity index (χ1v) is 10.0. The summed E-state index contributed by atoms with van der Waals surface area (Å²) in [6.45, 7) is 0. The molecule has 5 aromatic carbocycles. The zero-order valence-electron chi connectivity index (χ0n) is 17.2. The van der Waals surface area contributed by atoms with Crippen molar-refractivity contribution in [3.05, 3.63) is 102 Å². The van der Waals surface area contributed by atoms with Crippen LogP contribution in [0.1, 0.15) is 0 Å². The summed E-state index contributed by atoms with van der Waals surface area (Å²) >= 11 is 0. The number of hydrogen-bond acceptors (Lipinski definition) is 1. The predicted molar refractivity (Wildman–Crippen MR) is 119 cm³/mol. The molecule has 0 N–H and O–H groups in total. The maximum atomic E-state index is 15.2. The van der Waals surface area contributed by atoms with Gasteiger partial charge < -0.3 is 4.74 Å². The van der Waals surface area contributed by atoms with E-state index in [0.717, 1.165) is 24.3 Å². The van der Waals surface area contributed by atoms with E-state index in [1.165, 1.54) is 31.4 Å². The first-order valence-electron chi connectivity index (χ1n) is 10.0. The highest BCUT2D eigenvalue weighted by atomic mass is 19.2. The molecule has 5 aromatic rings. The zero-order chi connectivity index (χ0) is 23.3. The van der Waals surface area contributed by atoms with Gasteiger partial charge in [-0.25, -0.2) is 22.0 Å². The van der Waals surface area contributed by atoms with Gasteiger partial charge in [-0.2, -0.15) is 0 Å². The number of rotatable bonds is 3. The normalized spacial score (nSPS) is 11.3. The summed E-state index contributed by atoms with van der Waals surface area (Å²) in [7, 11) is 1.30. The molecule has 164 valence electrons. The van der Waals surface area contributed by atoms with Crippen LogP contribution < -0.4 is 4.74 Å². The fourth-order valence-electron chi connectivity index (χ4n) is 4.29. The van der Waals surface area contributed by atoms with Crippen molar-refractivity contribution in [3.63, 3.8) is 0 Å². The van der Waals surface area contributed by atoms with Crippen LogP contribution in [0.15, 0.2) is 72.8 Å². The zero-order valence-corrected chi connectivity index (χ0v) is 17.2. The fraction of sp³-hybridized carbons (Fsp3) is 0.0370. The van der Waals surface area contributed by atoms with Crippen molar-refractivity contribution >= 4 is 21.5 Å². The van der Waals surface area contributed by atoms with E-state index < -0.39 is 29.1 Å². The Morgan fingerprint density at radius 2 is 1.15 bits per heavy atom. The number of methoxy groups -OCH3 is 1. The highest BCUT2D eigenvalue weighted by Gasteiger charge is 2.22. The third-order valence-electron chi connectivity index (χ3n) is 5.70. The summed E-state index contributed by atoms with van der Waals surface area (Å²) in [5.41, 5.74) is 0.671. The van der Waals surface area contributed by atoms with Gasteiger partial charge in [-0.05, 0) is 56.9 Å². The maximum absolute atomic E-state index is 15.2. The minimum absolute atomic E-state index is 0.0202. The average Bonchev–Trinajstić information content (AvgIpc) is 2.80. The van der Waals surface area contributed by atoms with E-state index >= 15 is 8.78 Å². The van der Waals surface area contributed by atoms with E-state index in [2.05, 4.69) is 0 Å². The number of halogens is 5. The summed E-state index contributed by atoms with van der Waals surface area (Å²) in [6.07, 6.45) is 0. The molecule has 0 saturated carbocycles. The van der Waals surface area contributed by atoms with E-state index in [1.807, 2.05) is 0 Å². The van der Waals surface area contributed by atoms with Gasteiger partial charge in [0.2, 0.25) is 0 Å². The first-order chi connectivity index (χ1) is 15.9. The number of ether oxygens (including phenoxy) is 1. The Kier molecular flexibility index (Phi) is 5.01. The molecule has 0 fully saturated rings. The number of benzene rings is 5. The van der Waals surface area contributed by atoms with Gasteiger partial charge in [0.05, 0.1) is 12.7 Å².